The third-order valence-corrected chi connectivity index (χ3v) is 4.38. The van der Waals surface area contributed by atoms with Crippen LogP contribution < -0.4 is 4.74 Å². The number of ketones is 1. The van der Waals surface area contributed by atoms with Gasteiger partial charge in [-0.3, -0.25) is 9.59 Å². The second-order valence-electron chi connectivity index (χ2n) is 6.75. The van der Waals surface area contributed by atoms with E-state index in [9.17, 15) is 14.4 Å². The van der Waals surface area contributed by atoms with Crippen molar-refractivity contribution in [3.05, 3.63) is 101 Å². The Morgan fingerprint density at radius 1 is 0.742 bits per heavy atom. The quantitative estimate of drug-likeness (QED) is 0.379. The predicted octanol–water partition coefficient (Wildman–Crippen LogP) is 4.37. The maximum Gasteiger partial charge on any atom is 0.342 e. The molecule has 31 heavy (non-hydrogen) atoms. The highest BCUT2D eigenvalue weighted by atomic mass is 16.5. The molecule has 3 rings (SSSR count). The number of carbonyl (C=O) groups excluding carboxylic acids is 3. The summed E-state index contributed by atoms with van der Waals surface area (Å²) in [4.78, 5) is 36.1. The number of benzene rings is 3. The van der Waals surface area contributed by atoms with Gasteiger partial charge in [0.25, 0.3) is 0 Å². The minimum absolute atomic E-state index is 0.0867. The van der Waals surface area contributed by atoms with E-state index in [1.54, 1.807) is 6.07 Å². The first-order chi connectivity index (χ1) is 15.0. The van der Waals surface area contributed by atoms with Crippen molar-refractivity contribution in [2.75, 3.05) is 6.61 Å². The number of Topliss-reactive ketones (excluding diaryl/α,β-unsaturated/α-hetero) is 1. The van der Waals surface area contributed by atoms with E-state index in [4.69, 9.17) is 14.2 Å². The lowest BCUT2D eigenvalue weighted by molar-refractivity contribution is -0.139. The van der Waals surface area contributed by atoms with Gasteiger partial charge >= 0.3 is 11.9 Å². The van der Waals surface area contributed by atoms with Crippen molar-refractivity contribution >= 4 is 17.7 Å². The molecule has 0 radical (unpaired) electrons. The second kappa shape index (κ2) is 10.7. The molecule has 0 saturated heterocycles. The fourth-order valence-electron chi connectivity index (χ4n) is 2.78. The van der Waals surface area contributed by atoms with E-state index in [2.05, 4.69) is 0 Å². The Hall–Kier alpha value is -3.93. The maximum absolute atomic E-state index is 12.8. The fourth-order valence-corrected chi connectivity index (χ4v) is 2.78. The molecule has 3 aromatic rings. The van der Waals surface area contributed by atoms with Crippen LogP contribution in [0.3, 0.4) is 0 Å². The Bertz CT molecular complexity index is 1040. The molecule has 0 aliphatic carbocycles. The smallest absolute Gasteiger partial charge is 0.342 e. The van der Waals surface area contributed by atoms with Crippen molar-refractivity contribution in [3.63, 3.8) is 0 Å². The maximum atomic E-state index is 12.8. The zero-order chi connectivity index (χ0) is 22.1. The van der Waals surface area contributed by atoms with Crippen LogP contribution in [-0.4, -0.2) is 24.3 Å². The monoisotopic (exact) mass is 418 g/mol. The lowest BCUT2D eigenvalue weighted by Crippen LogP contribution is -2.14. The molecule has 158 valence electrons. The van der Waals surface area contributed by atoms with Gasteiger partial charge in [-0.1, -0.05) is 60.7 Å². The van der Waals surface area contributed by atoms with Gasteiger partial charge in [-0.25, -0.2) is 4.79 Å². The Morgan fingerprint density at radius 2 is 1.35 bits per heavy atom. The van der Waals surface area contributed by atoms with Gasteiger partial charge in [-0.15, -0.1) is 0 Å². The van der Waals surface area contributed by atoms with E-state index in [-0.39, 0.29) is 24.3 Å². The van der Waals surface area contributed by atoms with Gasteiger partial charge in [0.2, 0.25) is 0 Å². The minimum Gasteiger partial charge on any atom is -0.488 e. The number of rotatable bonds is 9. The van der Waals surface area contributed by atoms with Gasteiger partial charge in [0, 0.05) is 12.5 Å². The van der Waals surface area contributed by atoms with Gasteiger partial charge in [0.1, 0.15) is 24.5 Å². The molecule has 0 heterocycles. The highest BCUT2D eigenvalue weighted by molar-refractivity contribution is 6.01. The third-order valence-electron chi connectivity index (χ3n) is 4.38. The molecule has 0 aliphatic heterocycles. The van der Waals surface area contributed by atoms with Crippen LogP contribution in [-0.2, 0) is 27.5 Å². The van der Waals surface area contributed by atoms with Crippen molar-refractivity contribution in [1.82, 2.24) is 0 Å². The van der Waals surface area contributed by atoms with E-state index in [0.29, 0.717) is 5.75 Å². The largest absolute Gasteiger partial charge is 0.488 e. The van der Waals surface area contributed by atoms with E-state index in [0.717, 1.165) is 11.1 Å². The van der Waals surface area contributed by atoms with Crippen molar-refractivity contribution < 1.29 is 28.6 Å². The van der Waals surface area contributed by atoms with Crippen molar-refractivity contribution in [3.8, 4) is 5.75 Å². The van der Waals surface area contributed by atoms with E-state index >= 15 is 0 Å². The summed E-state index contributed by atoms with van der Waals surface area (Å²) in [5, 5.41) is 0. The Morgan fingerprint density at radius 3 is 1.97 bits per heavy atom. The van der Waals surface area contributed by atoms with E-state index in [1.807, 2.05) is 60.7 Å². The van der Waals surface area contributed by atoms with Crippen molar-refractivity contribution in [1.29, 1.82) is 0 Å². The molecule has 0 bridgehead atoms. The van der Waals surface area contributed by atoms with Crippen LogP contribution in [0.4, 0.5) is 0 Å². The molecule has 0 aliphatic rings. The van der Waals surface area contributed by atoms with Gasteiger partial charge in [-0.05, 0) is 29.3 Å². The van der Waals surface area contributed by atoms with Gasteiger partial charge in [0.05, 0.1) is 0 Å². The second-order valence-corrected chi connectivity index (χ2v) is 6.75. The SMILES string of the molecule is CC(=O)OCC(=O)c1ccc(OCc2ccccc2)c(C(=O)OCc2ccccc2)c1. The van der Waals surface area contributed by atoms with E-state index in [1.165, 1.54) is 19.1 Å². The van der Waals surface area contributed by atoms with Gasteiger partial charge in [-0.2, -0.15) is 0 Å². The van der Waals surface area contributed by atoms with Crippen LogP contribution in [0.5, 0.6) is 5.75 Å². The first-order valence-corrected chi connectivity index (χ1v) is 9.71. The zero-order valence-corrected chi connectivity index (χ0v) is 17.1. The third kappa shape index (κ3) is 6.54. The number of hydrogen-bond donors (Lipinski definition) is 0. The summed E-state index contributed by atoms with van der Waals surface area (Å²) in [7, 11) is 0. The van der Waals surface area contributed by atoms with Crippen LogP contribution in [0.1, 0.15) is 38.8 Å². The normalized spacial score (nSPS) is 10.2. The predicted molar refractivity (Wildman–Crippen MR) is 114 cm³/mol. The Balaban J connectivity index is 1.79. The average molecular weight is 418 g/mol. The van der Waals surface area contributed by atoms with E-state index < -0.39 is 24.3 Å². The standard InChI is InChI=1S/C25H22O6/c1-18(26)29-17-23(27)21-12-13-24(30-15-19-8-4-2-5-9-19)22(14-21)25(28)31-16-20-10-6-3-7-11-20/h2-14H,15-17H2,1H3. The Kier molecular flexibility index (Phi) is 7.54. The van der Waals surface area contributed by atoms with Crippen LogP contribution in [0.2, 0.25) is 0 Å². The molecule has 0 amide bonds. The molecule has 0 unspecified atom stereocenters. The summed E-state index contributed by atoms with van der Waals surface area (Å²) < 4.78 is 16.0. The average Bonchev–Trinajstić information content (AvgIpc) is 2.81. The number of ether oxygens (including phenoxy) is 3. The highest BCUT2D eigenvalue weighted by Crippen LogP contribution is 2.23. The molecule has 0 fully saturated rings. The molecular formula is C25H22O6. The first-order valence-electron chi connectivity index (χ1n) is 9.71. The Labute approximate surface area is 180 Å². The van der Waals surface area contributed by atoms with Crippen molar-refractivity contribution in [2.45, 2.75) is 20.1 Å². The first kappa shape index (κ1) is 21.8. The zero-order valence-electron chi connectivity index (χ0n) is 17.1. The molecule has 0 aromatic heterocycles. The molecule has 3 aromatic carbocycles. The number of carbonyl (C=O) groups is 3. The molecule has 0 spiro atoms. The minimum atomic E-state index is -0.617. The summed E-state index contributed by atoms with van der Waals surface area (Å²) >= 11 is 0. The topological polar surface area (TPSA) is 78.9 Å². The van der Waals surface area contributed by atoms with Gasteiger partial charge < -0.3 is 14.2 Å². The molecule has 0 saturated carbocycles. The summed E-state index contributed by atoms with van der Waals surface area (Å²) in [6, 6.07) is 23.3. The summed E-state index contributed by atoms with van der Waals surface area (Å²) in [6.45, 7) is 1.15. The summed E-state index contributed by atoms with van der Waals surface area (Å²) in [5.41, 5.74) is 2.12. The molecule has 0 atom stereocenters. The summed E-state index contributed by atoms with van der Waals surface area (Å²) in [5.74, 6) is -1.31. The lowest BCUT2D eigenvalue weighted by Gasteiger charge is -2.13. The lowest BCUT2D eigenvalue weighted by atomic mass is 10.1. The molecular weight excluding hydrogens is 396 g/mol. The van der Waals surface area contributed by atoms with Crippen LogP contribution in [0.15, 0.2) is 78.9 Å². The molecule has 6 nitrogen and oxygen atoms in total. The molecule has 6 heteroatoms. The number of hydrogen-bond acceptors (Lipinski definition) is 6. The molecule has 0 N–H and O–H groups in total. The number of esters is 2. The fraction of sp³-hybridized carbons (Fsp3) is 0.160. The highest BCUT2D eigenvalue weighted by Gasteiger charge is 2.19. The van der Waals surface area contributed by atoms with Crippen molar-refractivity contribution in [2.24, 2.45) is 0 Å². The van der Waals surface area contributed by atoms with Crippen LogP contribution in [0, 0.1) is 0 Å². The van der Waals surface area contributed by atoms with Crippen LogP contribution >= 0.6 is 0 Å². The van der Waals surface area contributed by atoms with Crippen LogP contribution in [0.25, 0.3) is 0 Å². The van der Waals surface area contributed by atoms with Gasteiger partial charge in [0.15, 0.2) is 12.4 Å². The summed E-state index contributed by atoms with van der Waals surface area (Å²) in [6.07, 6.45) is 0.